The third-order valence-electron chi connectivity index (χ3n) is 5.93. The molecule has 1 aliphatic carbocycles. The average Bonchev–Trinajstić information content (AvgIpc) is 2.96. The van der Waals surface area contributed by atoms with Crippen LogP contribution in [0.15, 0.2) is 0 Å². The van der Waals surface area contributed by atoms with Crippen LogP contribution in [0.1, 0.15) is 85.0 Å². The quantitative estimate of drug-likeness (QED) is 0.482. The molecule has 6 heteroatoms. The van der Waals surface area contributed by atoms with Gasteiger partial charge in [0.2, 0.25) is 5.91 Å². The van der Waals surface area contributed by atoms with Crippen molar-refractivity contribution < 1.29 is 19.1 Å². The van der Waals surface area contributed by atoms with Gasteiger partial charge in [-0.15, -0.1) is 0 Å². The Hall–Kier alpha value is -2.11. The van der Waals surface area contributed by atoms with Gasteiger partial charge in [-0.05, 0) is 45.1 Å². The summed E-state index contributed by atoms with van der Waals surface area (Å²) in [5, 5.41) is 0. The lowest BCUT2D eigenvalue weighted by atomic mass is 9.88. The molecule has 6 nitrogen and oxygen atoms in total. The number of amides is 1. The summed E-state index contributed by atoms with van der Waals surface area (Å²) in [6, 6.07) is 0. The van der Waals surface area contributed by atoms with E-state index in [1.807, 2.05) is 18.4 Å². The van der Waals surface area contributed by atoms with Crippen molar-refractivity contribution in [2.75, 3.05) is 20.2 Å². The number of hydrogen-bond acceptors (Lipinski definition) is 4. The summed E-state index contributed by atoms with van der Waals surface area (Å²) in [5.41, 5.74) is 2.35. The van der Waals surface area contributed by atoms with E-state index < -0.39 is 5.97 Å². The first-order valence-electron chi connectivity index (χ1n) is 10.8. The summed E-state index contributed by atoms with van der Waals surface area (Å²) in [5.74, 6) is -0.136. The van der Waals surface area contributed by atoms with E-state index >= 15 is 0 Å². The molecule has 1 amide bonds. The zero-order valence-corrected chi connectivity index (χ0v) is 18.8. The number of carbonyl (C=O) groups is 3. The molecule has 1 aromatic rings. The fraction of sp³-hybridized carbons (Fsp3) is 0.696. The fourth-order valence-corrected chi connectivity index (χ4v) is 4.59. The van der Waals surface area contributed by atoms with Crippen LogP contribution in [0.4, 0.5) is 0 Å². The number of hydrogen-bond donors (Lipinski definition) is 0. The predicted molar refractivity (Wildman–Crippen MR) is 113 cm³/mol. The third-order valence-corrected chi connectivity index (χ3v) is 5.93. The molecule has 0 atom stereocenters. The number of carbonyl (C=O) groups excluding carboxylic acids is 3. The summed E-state index contributed by atoms with van der Waals surface area (Å²) < 4.78 is 6.75. The van der Waals surface area contributed by atoms with Crippen LogP contribution in [-0.2, 0) is 16.1 Å². The molecule has 29 heavy (non-hydrogen) atoms. The Labute approximate surface area is 174 Å². The van der Waals surface area contributed by atoms with Gasteiger partial charge in [0.1, 0.15) is 5.69 Å². The molecule has 0 aromatic carbocycles. The van der Waals surface area contributed by atoms with Crippen molar-refractivity contribution in [3.05, 3.63) is 22.5 Å². The summed E-state index contributed by atoms with van der Waals surface area (Å²) >= 11 is 0. The van der Waals surface area contributed by atoms with E-state index in [9.17, 15) is 14.4 Å². The number of Topliss-reactive ketones (excluding diaryl/α,β-unsaturated/α-hetero) is 1. The van der Waals surface area contributed by atoms with Crippen molar-refractivity contribution in [3.63, 3.8) is 0 Å². The van der Waals surface area contributed by atoms with Crippen LogP contribution in [0.5, 0.6) is 0 Å². The van der Waals surface area contributed by atoms with E-state index in [1.165, 1.54) is 13.5 Å². The molecular formula is C23H36N2O4. The van der Waals surface area contributed by atoms with Gasteiger partial charge in [-0.3, -0.25) is 9.59 Å². The van der Waals surface area contributed by atoms with Gasteiger partial charge < -0.3 is 14.2 Å². The highest BCUT2D eigenvalue weighted by atomic mass is 16.5. The largest absolute Gasteiger partial charge is 0.464 e. The molecule has 162 valence electrons. The second-order valence-corrected chi connectivity index (χ2v) is 8.54. The third kappa shape index (κ3) is 5.09. The molecule has 0 saturated heterocycles. The van der Waals surface area contributed by atoms with Crippen molar-refractivity contribution in [1.29, 1.82) is 0 Å². The number of nitrogens with zero attached hydrogens (tertiary/aromatic N) is 2. The van der Waals surface area contributed by atoms with E-state index in [1.54, 1.807) is 11.8 Å². The lowest BCUT2D eigenvalue weighted by molar-refractivity contribution is -0.136. The molecule has 0 aliphatic heterocycles. The maximum absolute atomic E-state index is 13.3. The van der Waals surface area contributed by atoms with Gasteiger partial charge in [-0.1, -0.05) is 33.1 Å². The molecule has 1 fully saturated rings. The summed E-state index contributed by atoms with van der Waals surface area (Å²) in [6.45, 7) is 10.9. The van der Waals surface area contributed by atoms with Crippen molar-refractivity contribution in [1.82, 2.24) is 9.47 Å². The monoisotopic (exact) mass is 404 g/mol. The van der Waals surface area contributed by atoms with Gasteiger partial charge >= 0.3 is 5.97 Å². The van der Waals surface area contributed by atoms with Crippen LogP contribution in [0.25, 0.3) is 0 Å². The molecule has 1 aliphatic rings. The van der Waals surface area contributed by atoms with E-state index in [-0.39, 0.29) is 30.1 Å². The second kappa shape index (κ2) is 10.1. The Balaban J connectivity index is 2.32. The molecule has 1 saturated carbocycles. The van der Waals surface area contributed by atoms with Crippen molar-refractivity contribution in [3.8, 4) is 0 Å². The van der Waals surface area contributed by atoms with Gasteiger partial charge in [0.15, 0.2) is 5.78 Å². The number of methoxy groups -OCH3 is 1. The van der Waals surface area contributed by atoms with Gasteiger partial charge in [0.25, 0.3) is 0 Å². The highest BCUT2D eigenvalue weighted by molar-refractivity contribution is 6.04. The Morgan fingerprint density at radius 1 is 1.14 bits per heavy atom. The summed E-state index contributed by atoms with van der Waals surface area (Å²) in [7, 11) is 1.35. The highest BCUT2D eigenvalue weighted by Crippen LogP contribution is 2.27. The molecule has 0 N–H and O–H groups in total. The number of ether oxygens (including phenoxy) is 1. The zero-order chi connectivity index (χ0) is 21.7. The predicted octanol–water partition coefficient (Wildman–Crippen LogP) is 4.16. The average molecular weight is 405 g/mol. The van der Waals surface area contributed by atoms with Gasteiger partial charge in [0, 0.05) is 30.3 Å². The van der Waals surface area contributed by atoms with Crippen LogP contribution < -0.4 is 0 Å². The lowest BCUT2D eigenvalue weighted by Gasteiger charge is -2.30. The highest BCUT2D eigenvalue weighted by Gasteiger charge is 2.31. The van der Waals surface area contributed by atoms with Crippen molar-refractivity contribution in [2.24, 2.45) is 11.8 Å². The molecule has 1 heterocycles. The van der Waals surface area contributed by atoms with Gasteiger partial charge in [0.05, 0.1) is 13.7 Å². The SMILES string of the molecule is CCn1c(C)c(C(=O)CN(CC(C)C)C(=O)C2CCCCC2)c(C)c1C(=O)OC. The van der Waals surface area contributed by atoms with E-state index in [0.29, 0.717) is 29.9 Å². The molecular weight excluding hydrogens is 368 g/mol. The van der Waals surface area contributed by atoms with Crippen molar-refractivity contribution in [2.45, 2.75) is 73.3 Å². The minimum atomic E-state index is -0.441. The first-order chi connectivity index (χ1) is 13.7. The van der Waals surface area contributed by atoms with Crippen LogP contribution >= 0.6 is 0 Å². The number of rotatable bonds is 8. The topological polar surface area (TPSA) is 68.6 Å². The molecule has 0 bridgehead atoms. The van der Waals surface area contributed by atoms with Crippen LogP contribution in [-0.4, -0.2) is 47.3 Å². The maximum Gasteiger partial charge on any atom is 0.354 e. The normalized spacial score (nSPS) is 14.9. The maximum atomic E-state index is 13.3. The standard InChI is InChI=1S/C23H36N2O4/c1-7-25-17(5)20(16(4)21(25)23(28)29-6)19(26)14-24(13-15(2)3)22(27)18-11-9-8-10-12-18/h15,18H,7-14H2,1-6H3. The van der Waals surface area contributed by atoms with E-state index in [2.05, 4.69) is 13.8 Å². The lowest BCUT2D eigenvalue weighted by Crippen LogP contribution is -2.42. The number of aromatic nitrogens is 1. The van der Waals surface area contributed by atoms with Gasteiger partial charge in [-0.25, -0.2) is 4.79 Å². The molecule has 1 aromatic heterocycles. The number of ketones is 1. The molecule has 2 rings (SSSR count). The van der Waals surface area contributed by atoms with Crippen LogP contribution in [0.3, 0.4) is 0 Å². The minimum Gasteiger partial charge on any atom is -0.464 e. The Bertz CT molecular complexity index is 757. The summed E-state index contributed by atoms with van der Waals surface area (Å²) in [6.07, 6.45) is 5.18. The Morgan fingerprint density at radius 3 is 2.28 bits per heavy atom. The van der Waals surface area contributed by atoms with E-state index in [4.69, 9.17) is 4.74 Å². The fourth-order valence-electron chi connectivity index (χ4n) is 4.59. The minimum absolute atomic E-state index is 0.0309. The smallest absolute Gasteiger partial charge is 0.354 e. The summed E-state index contributed by atoms with van der Waals surface area (Å²) in [4.78, 5) is 40.5. The Morgan fingerprint density at radius 2 is 1.76 bits per heavy atom. The van der Waals surface area contributed by atoms with Crippen molar-refractivity contribution >= 4 is 17.7 Å². The first kappa shape index (κ1) is 23.2. The van der Waals surface area contributed by atoms with Crippen LogP contribution in [0, 0.1) is 25.7 Å². The second-order valence-electron chi connectivity index (χ2n) is 8.54. The van der Waals surface area contributed by atoms with Crippen LogP contribution in [0.2, 0.25) is 0 Å². The van der Waals surface area contributed by atoms with Gasteiger partial charge in [-0.2, -0.15) is 0 Å². The zero-order valence-electron chi connectivity index (χ0n) is 18.8. The molecule has 0 spiro atoms. The molecule has 0 radical (unpaired) electrons. The Kier molecular flexibility index (Phi) is 8.05. The molecule has 0 unspecified atom stereocenters. The van der Waals surface area contributed by atoms with E-state index in [0.717, 1.165) is 31.4 Å². The first-order valence-corrected chi connectivity index (χ1v) is 10.8. The number of esters is 1.